The predicted octanol–water partition coefficient (Wildman–Crippen LogP) is 2.00. The third-order valence-corrected chi connectivity index (χ3v) is 4.41. The number of hydrogen-bond donors (Lipinski definition) is 2. The number of aromatic nitrogens is 3. The van der Waals surface area contributed by atoms with Crippen molar-refractivity contribution in [3.8, 4) is 5.69 Å². The molecule has 1 fully saturated rings. The molecular weight excluding hydrogens is 371 g/mol. The molecule has 0 bridgehead atoms. The average molecular weight is 385 g/mol. The van der Waals surface area contributed by atoms with E-state index in [0.29, 0.717) is 36.2 Å². The molecule has 2 N–H and O–H groups in total. The minimum Gasteiger partial charge on any atom is -0.465 e. The maximum Gasteiger partial charge on any atom is 0.407 e. The SMILES string of the molecule is O=C(O)N1CCC(Cc2n[nH]c(=O)n2-c2ccc(Br)cc2F)C1. The van der Waals surface area contributed by atoms with E-state index in [-0.39, 0.29) is 11.6 Å². The van der Waals surface area contributed by atoms with Gasteiger partial charge in [0.1, 0.15) is 11.6 Å². The molecule has 1 atom stereocenters. The fourth-order valence-corrected chi connectivity index (χ4v) is 3.14. The van der Waals surface area contributed by atoms with E-state index in [9.17, 15) is 14.0 Å². The molecule has 0 aliphatic carbocycles. The molecule has 0 radical (unpaired) electrons. The van der Waals surface area contributed by atoms with E-state index >= 15 is 0 Å². The summed E-state index contributed by atoms with van der Waals surface area (Å²) in [5, 5.41) is 15.3. The highest BCUT2D eigenvalue weighted by molar-refractivity contribution is 9.10. The van der Waals surface area contributed by atoms with Gasteiger partial charge in [-0.2, -0.15) is 5.10 Å². The monoisotopic (exact) mass is 384 g/mol. The molecule has 1 unspecified atom stereocenters. The number of carboxylic acid groups (broad SMARTS) is 1. The zero-order valence-electron chi connectivity index (χ0n) is 12.0. The highest BCUT2D eigenvalue weighted by Gasteiger charge is 2.28. The summed E-state index contributed by atoms with van der Waals surface area (Å²) in [5.74, 6) is -0.0882. The van der Waals surface area contributed by atoms with Crippen molar-refractivity contribution in [1.82, 2.24) is 19.7 Å². The Kier molecular flexibility index (Phi) is 4.20. The molecule has 7 nitrogen and oxygen atoms in total. The van der Waals surface area contributed by atoms with Crippen molar-refractivity contribution in [1.29, 1.82) is 0 Å². The molecule has 2 aromatic rings. The lowest BCUT2D eigenvalue weighted by Crippen LogP contribution is -2.27. The van der Waals surface area contributed by atoms with Crippen LogP contribution in [0.3, 0.4) is 0 Å². The van der Waals surface area contributed by atoms with Crippen LogP contribution in [0.2, 0.25) is 0 Å². The van der Waals surface area contributed by atoms with E-state index in [1.807, 2.05) is 0 Å². The van der Waals surface area contributed by atoms with Gasteiger partial charge in [-0.05, 0) is 30.5 Å². The van der Waals surface area contributed by atoms with E-state index in [0.717, 1.165) is 0 Å². The second kappa shape index (κ2) is 6.15. The van der Waals surface area contributed by atoms with Gasteiger partial charge < -0.3 is 10.0 Å². The Morgan fingerprint density at radius 1 is 1.52 bits per heavy atom. The molecule has 9 heteroatoms. The lowest BCUT2D eigenvalue weighted by atomic mass is 10.0. The average Bonchev–Trinajstić information content (AvgIpc) is 3.08. The molecule has 0 saturated carbocycles. The van der Waals surface area contributed by atoms with Crippen LogP contribution in [0.5, 0.6) is 0 Å². The van der Waals surface area contributed by atoms with Crippen LogP contribution in [-0.2, 0) is 6.42 Å². The summed E-state index contributed by atoms with van der Waals surface area (Å²) in [6.07, 6.45) is 0.139. The van der Waals surface area contributed by atoms with Gasteiger partial charge >= 0.3 is 11.8 Å². The van der Waals surface area contributed by atoms with Gasteiger partial charge in [-0.25, -0.2) is 23.6 Å². The minimum atomic E-state index is -0.953. The number of likely N-dealkylation sites (tertiary alicyclic amines) is 1. The summed E-state index contributed by atoms with van der Waals surface area (Å²) < 4.78 is 15.9. The number of rotatable bonds is 3. The molecule has 122 valence electrons. The molecule has 1 aliphatic rings. The highest BCUT2D eigenvalue weighted by Crippen LogP contribution is 2.22. The third kappa shape index (κ3) is 3.14. The molecule has 1 aromatic heterocycles. The van der Waals surface area contributed by atoms with Gasteiger partial charge in [0.25, 0.3) is 0 Å². The van der Waals surface area contributed by atoms with Crippen LogP contribution in [0.15, 0.2) is 27.5 Å². The number of nitrogens with zero attached hydrogens (tertiary/aromatic N) is 3. The summed E-state index contributed by atoms with van der Waals surface area (Å²) in [4.78, 5) is 24.3. The van der Waals surface area contributed by atoms with E-state index in [2.05, 4.69) is 26.1 Å². The smallest absolute Gasteiger partial charge is 0.407 e. The Balaban J connectivity index is 1.88. The van der Waals surface area contributed by atoms with Crippen molar-refractivity contribution in [2.24, 2.45) is 5.92 Å². The maximum atomic E-state index is 14.1. The minimum absolute atomic E-state index is 0.0542. The number of hydrogen-bond acceptors (Lipinski definition) is 3. The van der Waals surface area contributed by atoms with E-state index in [4.69, 9.17) is 5.11 Å². The first kappa shape index (κ1) is 15.7. The number of aromatic amines is 1. The van der Waals surface area contributed by atoms with Gasteiger partial charge in [-0.15, -0.1) is 0 Å². The van der Waals surface area contributed by atoms with Gasteiger partial charge in [0.05, 0.1) is 5.69 Å². The Morgan fingerprint density at radius 2 is 2.30 bits per heavy atom. The molecule has 1 aromatic carbocycles. The summed E-state index contributed by atoms with van der Waals surface area (Å²) >= 11 is 3.18. The van der Waals surface area contributed by atoms with Crippen molar-refractivity contribution in [3.63, 3.8) is 0 Å². The maximum absolute atomic E-state index is 14.1. The number of H-pyrrole nitrogens is 1. The first-order valence-corrected chi connectivity index (χ1v) is 7.84. The highest BCUT2D eigenvalue weighted by atomic mass is 79.9. The third-order valence-electron chi connectivity index (χ3n) is 3.92. The van der Waals surface area contributed by atoms with Gasteiger partial charge in [0.2, 0.25) is 0 Å². The molecule has 0 spiro atoms. The van der Waals surface area contributed by atoms with Crippen molar-refractivity contribution in [2.75, 3.05) is 13.1 Å². The fraction of sp³-hybridized carbons (Fsp3) is 0.357. The Bertz CT molecular complexity index is 804. The topological polar surface area (TPSA) is 91.2 Å². The largest absolute Gasteiger partial charge is 0.465 e. The quantitative estimate of drug-likeness (QED) is 0.846. The van der Waals surface area contributed by atoms with Gasteiger partial charge in [0.15, 0.2) is 0 Å². The molecule has 1 amide bonds. The van der Waals surface area contributed by atoms with Gasteiger partial charge in [-0.1, -0.05) is 15.9 Å². The molecule has 1 saturated heterocycles. The predicted molar refractivity (Wildman–Crippen MR) is 83.3 cm³/mol. The van der Waals surface area contributed by atoms with Crippen LogP contribution in [0.1, 0.15) is 12.2 Å². The first-order valence-electron chi connectivity index (χ1n) is 7.05. The van der Waals surface area contributed by atoms with Crippen molar-refractivity contribution < 1.29 is 14.3 Å². The number of halogens is 2. The Hall–Kier alpha value is -2.16. The van der Waals surface area contributed by atoms with Crippen LogP contribution in [-0.4, -0.2) is 44.0 Å². The summed E-state index contributed by atoms with van der Waals surface area (Å²) in [6.45, 7) is 0.848. The Labute approximate surface area is 138 Å². The second-order valence-corrected chi connectivity index (χ2v) is 6.38. The van der Waals surface area contributed by atoms with E-state index in [1.165, 1.54) is 21.6 Å². The molecular formula is C14H14BrFN4O3. The van der Waals surface area contributed by atoms with Crippen LogP contribution < -0.4 is 5.69 Å². The first-order chi connectivity index (χ1) is 11.0. The van der Waals surface area contributed by atoms with E-state index in [1.54, 1.807) is 6.07 Å². The zero-order chi connectivity index (χ0) is 16.6. The molecule has 3 rings (SSSR count). The van der Waals surface area contributed by atoms with Crippen LogP contribution >= 0.6 is 15.9 Å². The lowest BCUT2D eigenvalue weighted by molar-refractivity contribution is 0.154. The molecule has 1 aliphatic heterocycles. The van der Waals surface area contributed by atoms with Crippen molar-refractivity contribution >= 4 is 22.0 Å². The van der Waals surface area contributed by atoms with Crippen LogP contribution in [0, 0.1) is 11.7 Å². The molecule has 23 heavy (non-hydrogen) atoms. The second-order valence-electron chi connectivity index (χ2n) is 5.46. The Morgan fingerprint density at radius 3 is 2.96 bits per heavy atom. The van der Waals surface area contributed by atoms with Crippen molar-refractivity contribution in [2.45, 2.75) is 12.8 Å². The summed E-state index contributed by atoms with van der Waals surface area (Å²) in [5.41, 5.74) is -0.399. The normalized spacial score (nSPS) is 17.7. The standard InChI is InChI=1S/C14H14BrFN4O3/c15-9-1-2-11(10(16)6-9)20-12(17-18-13(20)21)5-8-3-4-19(7-8)14(22)23/h1-2,6,8H,3-5,7H2,(H,18,21)(H,22,23). The lowest BCUT2D eigenvalue weighted by Gasteiger charge is -2.12. The molecule has 2 heterocycles. The number of nitrogens with one attached hydrogen (secondary N) is 1. The van der Waals surface area contributed by atoms with E-state index < -0.39 is 17.6 Å². The van der Waals surface area contributed by atoms with Crippen LogP contribution in [0.25, 0.3) is 5.69 Å². The fourth-order valence-electron chi connectivity index (χ4n) is 2.81. The summed E-state index contributed by atoms with van der Waals surface area (Å²) in [7, 11) is 0. The van der Waals surface area contributed by atoms with Crippen molar-refractivity contribution in [3.05, 3.63) is 44.8 Å². The summed E-state index contributed by atoms with van der Waals surface area (Å²) in [6, 6.07) is 4.42. The number of benzene rings is 1. The number of amides is 1. The number of carbonyl (C=O) groups is 1. The van der Waals surface area contributed by atoms with Crippen LogP contribution in [0.4, 0.5) is 9.18 Å². The zero-order valence-corrected chi connectivity index (χ0v) is 13.6. The van der Waals surface area contributed by atoms with Gasteiger partial charge in [-0.3, -0.25) is 0 Å². The van der Waals surface area contributed by atoms with Gasteiger partial charge in [0, 0.05) is 24.0 Å².